The van der Waals surface area contributed by atoms with E-state index in [2.05, 4.69) is 0 Å². The zero-order valence-electron chi connectivity index (χ0n) is 16.7. The number of benzene rings is 1. The maximum absolute atomic E-state index is 13.4. The summed E-state index contributed by atoms with van der Waals surface area (Å²) in [5.41, 5.74) is 0.262. The third kappa shape index (κ3) is 3.47. The van der Waals surface area contributed by atoms with Crippen LogP contribution in [0.15, 0.2) is 46.0 Å². The van der Waals surface area contributed by atoms with Gasteiger partial charge in [0.1, 0.15) is 4.83 Å². The van der Waals surface area contributed by atoms with Gasteiger partial charge < -0.3 is 0 Å². The van der Waals surface area contributed by atoms with Crippen LogP contribution < -0.4 is 11.2 Å². The number of carbonyl (C=O) groups is 1. The Bertz CT molecular complexity index is 1410. The number of Topliss-reactive ketones (excluding diaryl/α,β-unsaturated/α-hetero) is 1. The van der Waals surface area contributed by atoms with Gasteiger partial charge in [0.25, 0.3) is 5.56 Å². The second-order valence-corrected chi connectivity index (χ2v) is 9.80. The lowest BCUT2D eigenvalue weighted by molar-refractivity contribution is 0.0975. The van der Waals surface area contributed by atoms with Gasteiger partial charge in [0.15, 0.2) is 5.78 Å². The second-order valence-electron chi connectivity index (χ2n) is 7.00. The maximum Gasteiger partial charge on any atom is 0.337 e. The summed E-state index contributed by atoms with van der Waals surface area (Å²) >= 11 is 8.90. The number of halogens is 1. The van der Waals surface area contributed by atoms with Gasteiger partial charge in [0.05, 0.1) is 22.5 Å². The molecule has 0 spiro atoms. The first-order valence-corrected chi connectivity index (χ1v) is 11.5. The molecule has 4 aromatic rings. The van der Waals surface area contributed by atoms with Crippen LogP contribution in [0.25, 0.3) is 15.9 Å². The molecule has 0 saturated heterocycles. The molecule has 154 valence electrons. The van der Waals surface area contributed by atoms with Gasteiger partial charge in [-0.1, -0.05) is 24.6 Å². The van der Waals surface area contributed by atoms with Crippen LogP contribution in [-0.4, -0.2) is 14.9 Å². The molecule has 0 aliphatic rings. The smallest absolute Gasteiger partial charge is 0.291 e. The van der Waals surface area contributed by atoms with Crippen LogP contribution in [0.5, 0.6) is 0 Å². The second kappa shape index (κ2) is 7.98. The summed E-state index contributed by atoms with van der Waals surface area (Å²) in [6, 6.07) is 10.3. The molecular weight excluding hydrogens is 440 g/mol. The Kier molecular flexibility index (Phi) is 5.53. The van der Waals surface area contributed by atoms with Crippen molar-refractivity contribution in [2.75, 3.05) is 0 Å². The first-order chi connectivity index (χ1) is 14.3. The summed E-state index contributed by atoms with van der Waals surface area (Å²) in [6.45, 7) is 5.68. The zero-order chi connectivity index (χ0) is 21.6. The number of aromatic nitrogens is 2. The van der Waals surface area contributed by atoms with Gasteiger partial charge in [-0.05, 0) is 56.2 Å². The molecule has 0 aliphatic heterocycles. The minimum atomic E-state index is -0.545. The van der Waals surface area contributed by atoms with Crippen molar-refractivity contribution in [3.05, 3.63) is 82.5 Å². The number of hydrogen-bond donors (Lipinski definition) is 0. The summed E-state index contributed by atoms with van der Waals surface area (Å²) in [5.74, 6) is -0.150. The van der Waals surface area contributed by atoms with E-state index < -0.39 is 11.2 Å². The summed E-state index contributed by atoms with van der Waals surface area (Å²) in [4.78, 5) is 42.8. The molecule has 0 atom stereocenters. The number of hydrogen-bond acceptors (Lipinski definition) is 5. The number of fused-ring (bicyclic) bond motifs is 1. The molecule has 5 nitrogen and oxygen atoms in total. The van der Waals surface area contributed by atoms with Gasteiger partial charge in [-0.15, -0.1) is 22.7 Å². The van der Waals surface area contributed by atoms with Crippen LogP contribution in [-0.2, 0) is 13.0 Å². The molecule has 0 aliphatic carbocycles. The lowest BCUT2D eigenvalue weighted by Gasteiger charge is -2.12. The van der Waals surface area contributed by atoms with E-state index in [1.807, 2.05) is 26.8 Å². The van der Waals surface area contributed by atoms with Crippen molar-refractivity contribution in [1.29, 1.82) is 0 Å². The summed E-state index contributed by atoms with van der Waals surface area (Å²) in [6.07, 6.45) is 0.852. The summed E-state index contributed by atoms with van der Waals surface area (Å²) in [7, 11) is 0. The summed E-state index contributed by atoms with van der Waals surface area (Å²) in [5, 5.41) is 0.885. The zero-order valence-corrected chi connectivity index (χ0v) is 19.1. The van der Waals surface area contributed by atoms with Crippen LogP contribution in [0.2, 0.25) is 5.02 Å². The Morgan fingerprint density at radius 3 is 2.53 bits per heavy atom. The first kappa shape index (κ1) is 20.8. The Morgan fingerprint density at radius 1 is 1.10 bits per heavy atom. The summed E-state index contributed by atoms with van der Waals surface area (Å²) < 4.78 is 2.52. The number of ketones is 1. The molecular formula is C22H19ClN2O3S2. The number of aryl methyl sites for hydroxylation is 3. The molecule has 8 heteroatoms. The molecule has 0 radical (unpaired) electrons. The number of nitrogens with zero attached hydrogens (tertiary/aromatic N) is 2. The minimum absolute atomic E-state index is 0.126. The fourth-order valence-electron chi connectivity index (χ4n) is 3.38. The van der Waals surface area contributed by atoms with Crippen molar-refractivity contribution in [3.8, 4) is 5.69 Å². The van der Waals surface area contributed by atoms with Crippen LogP contribution in [0.3, 0.4) is 0 Å². The van der Waals surface area contributed by atoms with Crippen LogP contribution in [0.4, 0.5) is 0 Å². The minimum Gasteiger partial charge on any atom is -0.291 e. The average molecular weight is 459 g/mol. The van der Waals surface area contributed by atoms with Crippen molar-refractivity contribution in [2.45, 2.75) is 33.7 Å². The van der Waals surface area contributed by atoms with Crippen LogP contribution >= 0.6 is 34.3 Å². The van der Waals surface area contributed by atoms with Gasteiger partial charge in [-0.3, -0.25) is 14.2 Å². The van der Waals surface area contributed by atoms with E-state index in [0.717, 1.165) is 26.3 Å². The van der Waals surface area contributed by atoms with Gasteiger partial charge >= 0.3 is 5.69 Å². The highest BCUT2D eigenvalue weighted by molar-refractivity contribution is 7.18. The van der Waals surface area contributed by atoms with Gasteiger partial charge in [-0.25, -0.2) is 9.36 Å². The number of rotatable bonds is 5. The van der Waals surface area contributed by atoms with Gasteiger partial charge in [-0.2, -0.15) is 0 Å². The fraction of sp³-hybridized carbons (Fsp3) is 0.227. The standard InChI is InChI=1S/C22H19ClN2O3S2/c1-4-16-8-9-18(30-16)17(26)11-24-21-19(12(2)13(3)29-21)20(27)25(22(24)28)15-7-5-6-14(23)10-15/h5-10H,4,11H2,1-3H3. The van der Waals surface area contributed by atoms with E-state index in [1.165, 1.54) is 27.2 Å². The topological polar surface area (TPSA) is 61.1 Å². The Morgan fingerprint density at radius 2 is 1.87 bits per heavy atom. The number of carbonyl (C=O) groups excluding carboxylic acids is 1. The predicted octanol–water partition coefficient (Wildman–Crippen LogP) is 4.99. The highest BCUT2D eigenvalue weighted by atomic mass is 35.5. The molecule has 0 unspecified atom stereocenters. The third-order valence-corrected chi connectivity index (χ3v) is 7.84. The first-order valence-electron chi connectivity index (χ1n) is 9.45. The molecule has 4 rings (SSSR count). The van der Waals surface area contributed by atoms with Crippen molar-refractivity contribution in [3.63, 3.8) is 0 Å². The molecule has 3 heterocycles. The molecule has 0 bridgehead atoms. The van der Waals surface area contributed by atoms with E-state index in [9.17, 15) is 14.4 Å². The van der Waals surface area contributed by atoms with Crippen LogP contribution in [0.1, 0.15) is 31.9 Å². The Hall–Kier alpha value is -2.48. The molecule has 30 heavy (non-hydrogen) atoms. The SMILES string of the molecule is CCc1ccc(C(=O)Cn2c(=O)n(-c3cccc(Cl)c3)c(=O)c3c(C)c(C)sc32)s1. The Labute approximate surface area is 185 Å². The third-order valence-electron chi connectivity index (χ3n) is 5.10. The lowest BCUT2D eigenvalue weighted by atomic mass is 10.2. The maximum atomic E-state index is 13.4. The molecule has 1 aromatic carbocycles. The van der Waals surface area contributed by atoms with Crippen molar-refractivity contribution in [1.82, 2.24) is 9.13 Å². The fourth-order valence-corrected chi connectivity index (χ4v) is 5.58. The molecule has 0 N–H and O–H groups in total. The monoisotopic (exact) mass is 458 g/mol. The predicted molar refractivity (Wildman–Crippen MR) is 124 cm³/mol. The van der Waals surface area contributed by atoms with E-state index >= 15 is 0 Å². The van der Waals surface area contributed by atoms with Gasteiger partial charge in [0.2, 0.25) is 0 Å². The normalized spacial score (nSPS) is 11.3. The molecule has 3 aromatic heterocycles. The molecule has 0 fully saturated rings. The highest BCUT2D eigenvalue weighted by Crippen LogP contribution is 2.28. The van der Waals surface area contributed by atoms with E-state index in [0.29, 0.717) is 25.8 Å². The Balaban J connectivity index is 1.96. The molecule has 0 saturated carbocycles. The van der Waals surface area contributed by atoms with Crippen molar-refractivity contribution >= 4 is 50.3 Å². The van der Waals surface area contributed by atoms with Crippen molar-refractivity contribution in [2.24, 2.45) is 0 Å². The average Bonchev–Trinajstić information content (AvgIpc) is 3.30. The lowest BCUT2D eigenvalue weighted by Crippen LogP contribution is -2.39. The molecule has 0 amide bonds. The van der Waals surface area contributed by atoms with E-state index in [-0.39, 0.29) is 12.3 Å². The number of thiophene rings is 2. The van der Waals surface area contributed by atoms with Crippen LogP contribution in [0, 0.1) is 13.8 Å². The largest absolute Gasteiger partial charge is 0.337 e. The van der Waals surface area contributed by atoms with E-state index in [4.69, 9.17) is 11.6 Å². The van der Waals surface area contributed by atoms with E-state index in [1.54, 1.807) is 30.3 Å². The quantitative estimate of drug-likeness (QED) is 0.396. The van der Waals surface area contributed by atoms with Crippen molar-refractivity contribution < 1.29 is 4.79 Å². The highest BCUT2D eigenvalue weighted by Gasteiger charge is 2.22. The van der Waals surface area contributed by atoms with Gasteiger partial charge in [0, 0.05) is 14.8 Å².